The molecule has 4 heteroatoms. The Morgan fingerprint density at radius 3 is 2.58 bits per heavy atom. The minimum absolute atomic E-state index is 0.728. The van der Waals surface area contributed by atoms with Gasteiger partial charge in [-0.3, -0.25) is 0 Å². The maximum atomic E-state index is 5.40. The van der Waals surface area contributed by atoms with Crippen molar-refractivity contribution in [2.24, 2.45) is 0 Å². The third kappa shape index (κ3) is 8.56. The van der Waals surface area contributed by atoms with Gasteiger partial charge in [-0.15, -0.1) is 0 Å². The molecule has 0 bridgehead atoms. The lowest BCUT2D eigenvalue weighted by molar-refractivity contribution is 0.133. The fourth-order valence-corrected chi connectivity index (χ4v) is 1.85. The zero-order valence-corrected chi connectivity index (χ0v) is 12.5. The van der Waals surface area contributed by atoms with Gasteiger partial charge in [0.15, 0.2) is 5.11 Å². The molecule has 1 rings (SSSR count). The molecule has 1 aromatic carbocycles. The summed E-state index contributed by atoms with van der Waals surface area (Å²) < 4.78 is 5.40. The molecule has 0 aromatic heterocycles. The Morgan fingerprint density at radius 2 is 1.84 bits per heavy atom. The summed E-state index contributed by atoms with van der Waals surface area (Å²) in [7, 11) is 0. The molecule has 0 radical (unpaired) electrons. The number of rotatable bonds is 9. The zero-order valence-electron chi connectivity index (χ0n) is 11.7. The van der Waals surface area contributed by atoms with Crippen LogP contribution in [0.5, 0.6) is 0 Å². The van der Waals surface area contributed by atoms with E-state index in [1.807, 2.05) is 6.07 Å². The number of hydrogen-bond acceptors (Lipinski definition) is 2. The first-order chi connectivity index (χ1) is 9.33. The minimum atomic E-state index is 0.728. The molecule has 0 unspecified atom stereocenters. The van der Waals surface area contributed by atoms with E-state index >= 15 is 0 Å². The van der Waals surface area contributed by atoms with Gasteiger partial charge in [-0.25, -0.2) is 0 Å². The highest BCUT2D eigenvalue weighted by molar-refractivity contribution is 7.80. The highest BCUT2D eigenvalue weighted by Gasteiger charge is 1.96. The second kappa shape index (κ2) is 10.8. The SMILES string of the molecule is CCCOCCCNC(=S)NCCc1ccccc1. The maximum absolute atomic E-state index is 5.40. The molecule has 0 spiro atoms. The second-order valence-corrected chi connectivity index (χ2v) is 4.79. The smallest absolute Gasteiger partial charge is 0.166 e. The Labute approximate surface area is 121 Å². The summed E-state index contributed by atoms with van der Waals surface area (Å²) in [5, 5.41) is 7.13. The van der Waals surface area contributed by atoms with Crippen LogP contribution in [-0.4, -0.2) is 31.4 Å². The molecule has 0 aliphatic heterocycles. The first-order valence-electron chi connectivity index (χ1n) is 6.96. The Bertz CT molecular complexity index is 343. The average molecular weight is 280 g/mol. The number of benzene rings is 1. The average Bonchev–Trinajstić information content (AvgIpc) is 2.44. The van der Waals surface area contributed by atoms with E-state index in [1.165, 1.54) is 5.56 Å². The van der Waals surface area contributed by atoms with Gasteiger partial charge in [0.2, 0.25) is 0 Å². The minimum Gasteiger partial charge on any atom is -0.381 e. The Balaban J connectivity index is 1.96. The van der Waals surface area contributed by atoms with Gasteiger partial charge in [0.1, 0.15) is 0 Å². The fourth-order valence-electron chi connectivity index (χ4n) is 1.65. The van der Waals surface area contributed by atoms with Crippen molar-refractivity contribution in [2.45, 2.75) is 26.2 Å². The van der Waals surface area contributed by atoms with Gasteiger partial charge in [0, 0.05) is 26.3 Å². The van der Waals surface area contributed by atoms with Crippen LogP contribution >= 0.6 is 12.2 Å². The fraction of sp³-hybridized carbons (Fsp3) is 0.533. The van der Waals surface area contributed by atoms with E-state index in [4.69, 9.17) is 17.0 Å². The number of ether oxygens (including phenoxy) is 1. The molecule has 0 amide bonds. The van der Waals surface area contributed by atoms with Gasteiger partial charge in [-0.1, -0.05) is 37.3 Å². The molecule has 0 saturated carbocycles. The summed E-state index contributed by atoms with van der Waals surface area (Å²) >= 11 is 5.21. The van der Waals surface area contributed by atoms with E-state index in [0.29, 0.717) is 0 Å². The van der Waals surface area contributed by atoms with Crippen molar-refractivity contribution >= 4 is 17.3 Å². The molecule has 0 atom stereocenters. The van der Waals surface area contributed by atoms with Crippen LogP contribution < -0.4 is 10.6 Å². The van der Waals surface area contributed by atoms with E-state index < -0.39 is 0 Å². The Hall–Kier alpha value is -1.13. The van der Waals surface area contributed by atoms with Crippen LogP contribution in [0, 0.1) is 0 Å². The lowest BCUT2D eigenvalue weighted by Gasteiger charge is -2.10. The van der Waals surface area contributed by atoms with E-state index in [2.05, 4.69) is 41.8 Å². The van der Waals surface area contributed by atoms with E-state index in [9.17, 15) is 0 Å². The third-order valence-corrected chi connectivity index (χ3v) is 2.93. The van der Waals surface area contributed by atoms with E-state index in [0.717, 1.165) is 50.7 Å². The van der Waals surface area contributed by atoms with Crippen LogP contribution in [0.25, 0.3) is 0 Å². The molecule has 106 valence electrons. The third-order valence-electron chi connectivity index (χ3n) is 2.64. The molecular weight excluding hydrogens is 256 g/mol. The van der Waals surface area contributed by atoms with Gasteiger partial charge in [-0.05, 0) is 37.0 Å². The highest BCUT2D eigenvalue weighted by atomic mass is 32.1. The van der Waals surface area contributed by atoms with Crippen LogP contribution in [0.3, 0.4) is 0 Å². The topological polar surface area (TPSA) is 33.3 Å². The summed E-state index contributed by atoms with van der Waals surface area (Å²) in [6, 6.07) is 10.4. The summed E-state index contributed by atoms with van der Waals surface area (Å²) in [5.41, 5.74) is 1.32. The quantitative estimate of drug-likeness (QED) is 0.538. The van der Waals surface area contributed by atoms with E-state index in [-0.39, 0.29) is 0 Å². The molecule has 19 heavy (non-hydrogen) atoms. The largest absolute Gasteiger partial charge is 0.381 e. The number of nitrogens with one attached hydrogen (secondary N) is 2. The van der Waals surface area contributed by atoms with Crippen molar-refractivity contribution < 1.29 is 4.74 Å². The van der Waals surface area contributed by atoms with Crippen molar-refractivity contribution in [2.75, 3.05) is 26.3 Å². The number of hydrogen-bond donors (Lipinski definition) is 2. The van der Waals surface area contributed by atoms with Crippen molar-refractivity contribution in [3.05, 3.63) is 35.9 Å². The highest BCUT2D eigenvalue weighted by Crippen LogP contribution is 1.97. The first-order valence-corrected chi connectivity index (χ1v) is 7.37. The van der Waals surface area contributed by atoms with Crippen LogP contribution in [0.15, 0.2) is 30.3 Å². The lowest BCUT2D eigenvalue weighted by atomic mass is 10.1. The lowest BCUT2D eigenvalue weighted by Crippen LogP contribution is -2.37. The monoisotopic (exact) mass is 280 g/mol. The van der Waals surface area contributed by atoms with Crippen LogP contribution in [-0.2, 0) is 11.2 Å². The van der Waals surface area contributed by atoms with Crippen molar-refractivity contribution in [3.63, 3.8) is 0 Å². The maximum Gasteiger partial charge on any atom is 0.166 e. The first kappa shape index (κ1) is 15.9. The van der Waals surface area contributed by atoms with Gasteiger partial charge in [-0.2, -0.15) is 0 Å². The Kier molecular flexibility index (Phi) is 9.02. The van der Waals surface area contributed by atoms with Crippen molar-refractivity contribution in [1.29, 1.82) is 0 Å². The molecule has 1 aromatic rings. The molecule has 0 heterocycles. The van der Waals surface area contributed by atoms with Gasteiger partial charge >= 0.3 is 0 Å². The van der Waals surface area contributed by atoms with Gasteiger partial charge in [0.05, 0.1) is 0 Å². The summed E-state index contributed by atoms with van der Waals surface area (Å²) in [4.78, 5) is 0. The van der Waals surface area contributed by atoms with Gasteiger partial charge in [0.25, 0.3) is 0 Å². The molecule has 0 aliphatic carbocycles. The second-order valence-electron chi connectivity index (χ2n) is 4.38. The molecular formula is C15H24N2OS. The summed E-state index contributed by atoms with van der Waals surface area (Å²) in [5.74, 6) is 0. The summed E-state index contributed by atoms with van der Waals surface area (Å²) in [6.45, 7) is 5.49. The zero-order chi connectivity index (χ0) is 13.8. The molecule has 0 fully saturated rings. The predicted octanol–water partition coefficient (Wildman–Crippen LogP) is 2.51. The molecule has 3 nitrogen and oxygen atoms in total. The molecule has 0 saturated heterocycles. The van der Waals surface area contributed by atoms with Crippen molar-refractivity contribution in [3.8, 4) is 0 Å². The predicted molar refractivity (Wildman–Crippen MR) is 84.5 cm³/mol. The van der Waals surface area contributed by atoms with Crippen LogP contribution in [0.1, 0.15) is 25.3 Å². The van der Waals surface area contributed by atoms with Crippen LogP contribution in [0.4, 0.5) is 0 Å². The summed E-state index contributed by atoms with van der Waals surface area (Å²) in [6.07, 6.45) is 3.05. The van der Waals surface area contributed by atoms with Gasteiger partial charge < -0.3 is 15.4 Å². The normalized spacial score (nSPS) is 10.2. The van der Waals surface area contributed by atoms with Crippen molar-refractivity contribution in [1.82, 2.24) is 10.6 Å². The number of thiocarbonyl (C=S) groups is 1. The van der Waals surface area contributed by atoms with E-state index in [1.54, 1.807) is 0 Å². The Morgan fingerprint density at radius 1 is 1.11 bits per heavy atom. The van der Waals surface area contributed by atoms with Crippen LogP contribution in [0.2, 0.25) is 0 Å². The molecule has 2 N–H and O–H groups in total. The molecule has 0 aliphatic rings. The standard InChI is InChI=1S/C15H24N2OS/c1-2-12-18-13-6-10-16-15(19)17-11-9-14-7-4-3-5-8-14/h3-5,7-8H,2,6,9-13H2,1H3,(H2,16,17,19).